The first-order valence-electron chi connectivity index (χ1n) is 13.3. The number of para-hydroxylation sites is 2. The summed E-state index contributed by atoms with van der Waals surface area (Å²) in [6.45, 7) is 2.22. The van der Waals surface area contributed by atoms with Gasteiger partial charge < -0.3 is 10.0 Å². The van der Waals surface area contributed by atoms with Gasteiger partial charge in [0, 0.05) is 44.4 Å². The van der Waals surface area contributed by atoms with E-state index in [0.29, 0.717) is 11.3 Å². The van der Waals surface area contributed by atoms with E-state index in [0.717, 1.165) is 28.5 Å². The number of aromatic hydroxyl groups is 1. The van der Waals surface area contributed by atoms with E-state index in [1.165, 1.54) is 11.1 Å². The third-order valence-electron chi connectivity index (χ3n) is 7.04. The molecule has 0 amide bonds. The fourth-order valence-corrected chi connectivity index (χ4v) is 4.89. The van der Waals surface area contributed by atoms with Crippen molar-refractivity contribution >= 4 is 17.2 Å². The van der Waals surface area contributed by atoms with Crippen LogP contribution in [0.5, 0.6) is 5.75 Å². The van der Waals surface area contributed by atoms with Crippen LogP contribution in [-0.2, 0) is 21.1 Å². The van der Waals surface area contributed by atoms with E-state index in [1.807, 2.05) is 85.1 Å². The number of nitrogens with zero attached hydrogens (tertiary/aromatic N) is 3. The standard InChI is InChI=1S/C36H28N3O.Pt/c1-26(27-12-4-2-5-13-27)28-22-23-37-36(25-28)39(30-15-6-3-7-16-30)31-17-10-14-29(24-31)33-19-11-20-34(38-33)32-18-8-9-21-35(32)40;/h2-23,25-26,40H,1H3;/q-1;. The van der Waals surface area contributed by atoms with Crippen molar-refractivity contribution in [1.29, 1.82) is 0 Å². The second kappa shape index (κ2) is 12.8. The Labute approximate surface area is 255 Å². The minimum atomic E-state index is 0. The average molecular weight is 714 g/mol. The Morgan fingerprint density at radius 1 is 0.683 bits per heavy atom. The Morgan fingerprint density at radius 3 is 2.15 bits per heavy atom. The van der Waals surface area contributed by atoms with Crippen LogP contribution in [0.3, 0.4) is 0 Å². The zero-order valence-electron chi connectivity index (χ0n) is 22.5. The predicted molar refractivity (Wildman–Crippen MR) is 162 cm³/mol. The fourth-order valence-electron chi connectivity index (χ4n) is 4.89. The summed E-state index contributed by atoms with van der Waals surface area (Å²) >= 11 is 0. The van der Waals surface area contributed by atoms with E-state index in [2.05, 4.69) is 66.4 Å². The minimum Gasteiger partial charge on any atom is -0.507 e. The SMILES string of the molecule is CC(c1ccccc1)c1ccnc(N(c2[c-]c(-c3cccc(-c4ccccc4O)n3)ccc2)c2ccccc2)c1.[Pt]. The van der Waals surface area contributed by atoms with Crippen molar-refractivity contribution in [3.8, 4) is 28.3 Å². The molecule has 0 bridgehead atoms. The molecule has 1 atom stereocenters. The first kappa shape index (κ1) is 28.0. The number of phenols is 1. The molecule has 0 fully saturated rings. The molecule has 4 aromatic carbocycles. The van der Waals surface area contributed by atoms with Crippen LogP contribution in [0.25, 0.3) is 22.5 Å². The van der Waals surface area contributed by atoms with Gasteiger partial charge in [0.25, 0.3) is 0 Å². The van der Waals surface area contributed by atoms with E-state index in [9.17, 15) is 5.11 Å². The summed E-state index contributed by atoms with van der Waals surface area (Å²) in [7, 11) is 0. The topological polar surface area (TPSA) is 49.2 Å². The first-order chi connectivity index (χ1) is 19.7. The molecule has 204 valence electrons. The summed E-state index contributed by atoms with van der Waals surface area (Å²) in [6, 6.07) is 47.7. The van der Waals surface area contributed by atoms with Crippen LogP contribution in [0.15, 0.2) is 140 Å². The number of anilines is 3. The third kappa shape index (κ3) is 6.14. The van der Waals surface area contributed by atoms with Gasteiger partial charge in [-0.15, -0.1) is 29.8 Å². The molecule has 6 aromatic rings. The largest absolute Gasteiger partial charge is 0.507 e. The van der Waals surface area contributed by atoms with E-state index in [4.69, 9.17) is 9.97 Å². The molecular formula is C36H28N3OPt-. The second-order valence-electron chi connectivity index (χ2n) is 9.63. The maximum Gasteiger partial charge on any atom is 0.136 e. The Morgan fingerprint density at radius 2 is 1.37 bits per heavy atom. The van der Waals surface area contributed by atoms with Crippen LogP contribution in [-0.4, -0.2) is 15.1 Å². The molecule has 41 heavy (non-hydrogen) atoms. The first-order valence-corrected chi connectivity index (χ1v) is 13.3. The fraction of sp³-hybridized carbons (Fsp3) is 0.0556. The van der Waals surface area contributed by atoms with Gasteiger partial charge in [-0.3, -0.25) is 4.98 Å². The minimum absolute atomic E-state index is 0. The normalized spacial score (nSPS) is 11.3. The smallest absolute Gasteiger partial charge is 0.136 e. The summed E-state index contributed by atoms with van der Waals surface area (Å²) in [4.78, 5) is 11.8. The molecule has 0 spiro atoms. The van der Waals surface area contributed by atoms with Crippen LogP contribution in [0.4, 0.5) is 17.2 Å². The van der Waals surface area contributed by atoms with Gasteiger partial charge in [-0.25, -0.2) is 4.98 Å². The summed E-state index contributed by atoms with van der Waals surface area (Å²) in [5.41, 5.74) is 7.32. The van der Waals surface area contributed by atoms with Gasteiger partial charge in [-0.2, -0.15) is 0 Å². The zero-order chi connectivity index (χ0) is 27.3. The maximum absolute atomic E-state index is 10.4. The Balaban J connectivity index is 0.00000337. The van der Waals surface area contributed by atoms with Gasteiger partial charge in [0.05, 0.1) is 5.69 Å². The summed E-state index contributed by atoms with van der Waals surface area (Å²) in [6.07, 6.45) is 1.88. The van der Waals surface area contributed by atoms with Gasteiger partial charge >= 0.3 is 0 Å². The van der Waals surface area contributed by atoms with Crippen molar-refractivity contribution in [3.05, 3.63) is 157 Å². The molecule has 1 N–H and O–H groups in total. The molecule has 0 saturated heterocycles. The van der Waals surface area contributed by atoms with Crippen molar-refractivity contribution in [2.45, 2.75) is 12.8 Å². The summed E-state index contributed by atoms with van der Waals surface area (Å²) in [5.74, 6) is 1.24. The van der Waals surface area contributed by atoms with Crippen molar-refractivity contribution in [2.75, 3.05) is 4.90 Å². The van der Waals surface area contributed by atoms with Gasteiger partial charge in [-0.05, 0) is 65.0 Å². The molecule has 0 aliphatic heterocycles. The van der Waals surface area contributed by atoms with Crippen LogP contribution in [0.2, 0.25) is 0 Å². The van der Waals surface area contributed by atoms with Crippen molar-refractivity contribution in [2.24, 2.45) is 0 Å². The van der Waals surface area contributed by atoms with Crippen molar-refractivity contribution in [1.82, 2.24) is 9.97 Å². The van der Waals surface area contributed by atoms with Crippen LogP contribution < -0.4 is 4.90 Å². The van der Waals surface area contributed by atoms with Crippen LogP contribution >= 0.6 is 0 Å². The molecule has 5 heteroatoms. The maximum atomic E-state index is 10.4. The molecule has 0 aliphatic carbocycles. The molecule has 0 saturated carbocycles. The van der Waals surface area contributed by atoms with E-state index >= 15 is 0 Å². The van der Waals surface area contributed by atoms with Gasteiger partial charge in [0.2, 0.25) is 0 Å². The summed E-state index contributed by atoms with van der Waals surface area (Å²) in [5, 5.41) is 10.4. The number of aromatic nitrogens is 2. The van der Waals surface area contributed by atoms with Gasteiger partial charge in [-0.1, -0.05) is 79.7 Å². The predicted octanol–water partition coefficient (Wildman–Crippen LogP) is 8.94. The second-order valence-corrected chi connectivity index (χ2v) is 9.63. The molecule has 1 unspecified atom stereocenters. The van der Waals surface area contributed by atoms with E-state index < -0.39 is 0 Å². The quantitative estimate of drug-likeness (QED) is 0.168. The molecule has 0 aliphatic rings. The molecule has 0 radical (unpaired) electrons. The molecule has 2 heterocycles. The molecule has 2 aromatic heterocycles. The number of benzene rings is 4. The van der Waals surface area contributed by atoms with Crippen molar-refractivity contribution < 1.29 is 26.2 Å². The molecule has 4 nitrogen and oxygen atoms in total. The third-order valence-corrected chi connectivity index (χ3v) is 7.04. The molecular weight excluding hydrogens is 685 g/mol. The van der Waals surface area contributed by atoms with Gasteiger partial charge in [0.15, 0.2) is 0 Å². The summed E-state index contributed by atoms with van der Waals surface area (Å²) < 4.78 is 0. The average Bonchev–Trinajstić information content (AvgIpc) is 3.02. The van der Waals surface area contributed by atoms with Crippen molar-refractivity contribution in [3.63, 3.8) is 0 Å². The number of hydrogen-bond donors (Lipinski definition) is 1. The molecule has 6 rings (SSSR count). The van der Waals surface area contributed by atoms with Crippen LogP contribution in [0.1, 0.15) is 24.0 Å². The Hall–Kier alpha value is -4.53. The number of hydrogen-bond acceptors (Lipinski definition) is 4. The number of pyridine rings is 2. The zero-order valence-corrected chi connectivity index (χ0v) is 24.7. The number of phenolic OH excluding ortho intramolecular Hbond substituents is 1. The van der Waals surface area contributed by atoms with E-state index in [-0.39, 0.29) is 32.7 Å². The van der Waals surface area contributed by atoms with Gasteiger partial charge in [0.1, 0.15) is 11.6 Å². The van der Waals surface area contributed by atoms with E-state index in [1.54, 1.807) is 6.07 Å². The Kier molecular flexibility index (Phi) is 8.72. The van der Waals surface area contributed by atoms with Crippen LogP contribution in [0, 0.1) is 6.07 Å². The number of rotatable bonds is 7. The monoisotopic (exact) mass is 713 g/mol. The Bertz CT molecular complexity index is 1740.